The summed E-state index contributed by atoms with van der Waals surface area (Å²) in [6, 6.07) is 8.88. The molecule has 23 heavy (non-hydrogen) atoms. The molecule has 0 bridgehead atoms. The first-order valence-corrected chi connectivity index (χ1v) is 7.89. The number of aliphatic hydroxyl groups is 4. The molecule has 1 saturated heterocycles. The molecule has 3 rings (SSSR count). The van der Waals surface area contributed by atoms with E-state index in [1.807, 2.05) is 18.2 Å². The summed E-state index contributed by atoms with van der Waals surface area (Å²) in [6.45, 7) is -0.694. The number of nitrogens with one attached hydrogen (secondary N) is 1. The molecule has 0 saturated carbocycles. The van der Waals surface area contributed by atoms with E-state index < -0.39 is 35.2 Å². The number of halogens is 2. The largest absolute Gasteiger partial charge is 0.392 e. The van der Waals surface area contributed by atoms with Crippen LogP contribution in [0.3, 0.4) is 0 Å². The molecule has 1 fully saturated rings. The lowest BCUT2D eigenvalue weighted by Crippen LogP contribution is -2.69. The van der Waals surface area contributed by atoms with Crippen molar-refractivity contribution in [3.63, 3.8) is 0 Å². The molecule has 9 heteroatoms. The second kappa shape index (κ2) is 5.98. The van der Waals surface area contributed by atoms with Crippen molar-refractivity contribution in [2.45, 2.75) is 28.6 Å². The molecule has 126 valence electrons. The third-order valence-corrected chi connectivity index (χ3v) is 5.26. The van der Waals surface area contributed by atoms with Gasteiger partial charge in [-0.3, -0.25) is 4.29 Å². The highest BCUT2D eigenvalue weighted by molar-refractivity contribution is 9.10. The lowest BCUT2D eigenvalue weighted by atomic mass is 9.81. The van der Waals surface area contributed by atoms with Gasteiger partial charge in [-0.15, -0.1) is 0 Å². The minimum absolute atomic E-state index is 0.230. The van der Waals surface area contributed by atoms with Crippen molar-refractivity contribution >= 4 is 38.7 Å². The molecule has 0 spiro atoms. The van der Waals surface area contributed by atoms with Crippen molar-refractivity contribution in [1.29, 1.82) is 0 Å². The van der Waals surface area contributed by atoms with Gasteiger partial charge in [0.25, 0.3) is 0 Å². The van der Waals surface area contributed by atoms with Gasteiger partial charge in [0.05, 0.1) is 24.2 Å². The van der Waals surface area contributed by atoms with E-state index in [4.69, 9.17) is 20.9 Å². The summed E-state index contributed by atoms with van der Waals surface area (Å²) in [4.78, 5) is 3.00. The zero-order valence-electron chi connectivity index (χ0n) is 11.7. The Hall–Kier alpha value is -0.710. The fraction of sp³-hybridized carbons (Fsp3) is 0.429. The number of alkyl halides is 1. The average molecular weight is 409 g/mol. The zero-order valence-corrected chi connectivity index (χ0v) is 14.0. The minimum Gasteiger partial charge on any atom is -0.392 e. The van der Waals surface area contributed by atoms with Gasteiger partial charge in [-0.05, 0) is 33.4 Å². The molecule has 5 N–H and O–H groups in total. The molecule has 2 heterocycles. The van der Waals surface area contributed by atoms with Crippen LogP contribution in [0.2, 0.25) is 0 Å². The summed E-state index contributed by atoms with van der Waals surface area (Å²) < 4.78 is 8.25. The second-order valence-electron chi connectivity index (χ2n) is 5.44. The predicted molar refractivity (Wildman–Crippen MR) is 84.8 cm³/mol. The topological polar surface area (TPSA) is 115 Å². The number of aliphatic hydroxyl groups excluding tert-OH is 4. The van der Waals surface area contributed by atoms with E-state index >= 15 is 0 Å². The van der Waals surface area contributed by atoms with Crippen LogP contribution in [-0.4, -0.2) is 55.0 Å². The Morgan fingerprint density at radius 2 is 2.00 bits per heavy atom. The third-order valence-electron chi connectivity index (χ3n) is 4.13. The van der Waals surface area contributed by atoms with E-state index in [1.165, 1.54) is 0 Å². The van der Waals surface area contributed by atoms with E-state index in [-0.39, 0.29) is 5.69 Å². The lowest BCUT2D eigenvalue weighted by molar-refractivity contribution is -0.328. The van der Waals surface area contributed by atoms with Crippen LogP contribution in [0.5, 0.6) is 0 Å². The molecular formula is C14H15BrClNO6. The van der Waals surface area contributed by atoms with Gasteiger partial charge in [-0.25, -0.2) is 0 Å². The van der Waals surface area contributed by atoms with E-state index in [2.05, 4.69) is 20.9 Å². The quantitative estimate of drug-likeness (QED) is 0.477. The fourth-order valence-corrected chi connectivity index (χ4v) is 3.66. The highest BCUT2D eigenvalue weighted by atomic mass is 79.9. The molecule has 5 atom stereocenters. The van der Waals surface area contributed by atoms with Crippen LogP contribution >= 0.6 is 27.8 Å². The van der Waals surface area contributed by atoms with Crippen LogP contribution in [0.25, 0.3) is 10.9 Å². The second-order valence-corrected chi connectivity index (χ2v) is 6.94. The maximum atomic E-state index is 10.7. The Bertz CT molecular complexity index is 680. The smallest absolute Gasteiger partial charge is 0.189 e. The summed E-state index contributed by atoms with van der Waals surface area (Å²) in [5.41, 5.74) is -1.00. The molecule has 1 aromatic heterocycles. The van der Waals surface area contributed by atoms with Gasteiger partial charge in [-0.2, -0.15) is 0 Å². The summed E-state index contributed by atoms with van der Waals surface area (Å²) in [5.74, 6) is 0. The molecule has 1 aromatic carbocycles. The fourth-order valence-electron chi connectivity index (χ4n) is 2.87. The van der Waals surface area contributed by atoms with Crippen molar-refractivity contribution in [3.05, 3.63) is 36.0 Å². The number of benzene rings is 1. The van der Waals surface area contributed by atoms with Crippen LogP contribution in [-0.2, 0) is 14.6 Å². The van der Waals surface area contributed by atoms with Gasteiger partial charge in [0.1, 0.15) is 12.2 Å². The van der Waals surface area contributed by atoms with Gasteiger partial charge in [0, 0.05) is 5.52 Å². The normalized spacial score (nSPS) is 38.1. The number of fused-ring (bicyclic) bond motifs is 1. The van der Waals surface area contributed by atoms with Crippen LogP contribution in [0, 0.1) is 0 Å². The Kier molecular flexibility index (Phi) is 4.45. The first kappa shape index (κ1) is 17.1. The summed E-state index contributed by atoms with van der Waals surface area (Å²) in [6.07, 6.45) is -5.10. The number of hydrogen-bond acceptors (Lipinski definition) is 6. The van der Waals surface area contributed by atoms with Crippen LogP contribution in [0.1, 0.15) is 5.69 Å². The molecule has 0 unspecified atom stereocenters. The molecule has 0 aliphatic carbocycles. The predicted octanol–water partition coefficient (Wildman–Crippen LogP) is 0.687. The van der Waals surface area contributed by atoms with Crippen LogP contribution in [0.15, 0.2) is 30.3 Å². The highest BCUT2D eigenvalue weighted by Gasteiger charge is 2.64. The number of H-pyrrole nitrogens is 1. The number of hydrogen-bond donors (Lipinski definition) is 5. The zero-order chi connectivity index (χ0) is 16.8. The first-order valence-electron chi connectivity index (χ1n) is 6.79. The minimum atomic E-state index is -1.95. The maximum absolute atomic E-state index is 10.7. The average Bonchev–Trinajstić information content (AvgIpc) is 2.98. The molecule has 0 radical (unpaired) electrons. The van der Waals surface area contributed by atoms with Gasteiger partial charge >= 0.3 is 0 Å². The van der Waals surface area contributed by atoms with Crippen molar-refractivity contribution in [2.24, 2.45) is 0 Å². The summed E-state index contributed by atoms with van der Waals surface area (Å²) in [7, 11) is 0. The molecule has 2 aromatic rings. The Morgan fingerprint density at radius 3 is 2.61 bits per heavy atom. The Morgan fingerprint density at radius 1 is 1.30 bits per heavy atom. The molecule has 7 nitrogen and oxygen atoms in total. The monoisotopic (exact) mass is 407 g/mol. The van der Waals surface area contributed by atoms with Crippen molar-refractivity contribution in [2.75, 3.05) is 6.61 Å². The molecule has 1 aliphatic rings. The van der Waals surface area contributed by atoms with E-state index in [0.29, 0.717) is 0 Å². The lowest BCUT2D eigenvalue weighted by Gasteiger charge is -2.50. The molecular weight excluding hydrogens is 394 g/mol. The third kappa shape index (κ3) is 2.41. The number of ether oxygens (including phenoxy) is 1. The van der Waals surface area contributed by atoms with Gasteiger partial charge in [0.15, 0.2) is 16.4 Å². The van der Waals surface area contributed by atoms with E-state index in [9.17, 15) is 20.4 Å². The standard InChI is InChI=1S/C14H15BrClNO6/c15-13(6-18)12(21)14(23-16,10(19)11(20)22-13)9-5-7-3-1-2-4-8(7)17-9/h1-5,10-12,17-21H,6H2/t10-,11+,12+,13+,14+/m0/s1. The van der Waals surface area contributed by atoms with Gasteiger partial charge < -0.3 is 30.1 Å². The van der Waals surface area contributed by atoms with E-state index in [0.717, 1.165) is 10.9 Å². The number of aromatic nitrogens is 1. The highest BCUT2D eigenvalue weighted by Crippen LogP contribution is 2.48. The van der Waals surface area contributed by atoms with Crippen molar-refractivity contribution < 1.29 is 29.5 Å². The molecule has 1 aliphatic heterocycles. The van der Waals surface area contributed by atoms with E-state index in [1.54, 1.807) is 12.1 Å². The van der Waals surface area contributed by atoms with Crippen LogP contribution < -0.4 is 0 Å². The summed E-state index contributed by atoms with van der Waals surface area (Å²) >= 11 is 8.67. The van der Waals surface area contributed by atoms with Crippen LogP contribution in [0.4, 0.5) is 0 Å². The SMILES string of the molecule is OC[C@@]1(Br)O[C@@H](O)[C@H](O)[C@](OCl)(c2cc3ccccc3[nH]2)[C@@H]1O. The van der Waals surface area contributed by atoms with Crippen molar-refractivity contribution in [1.82, 2.24) is 4.98 Å². The van der Waals surface area contributed by atoms with Gasteiger partial charge in [-0.1, -0.05) is 18.2 Å². The number of rotatable bonds is 3. The van der Waals surface area contributed by atoms with Gasteiger partial charge in [0.2, 0.25) is 0 Å². The Balaban J connectivity index is 2.19. The molecule has 0 amide bonds. The van der Waals surface area contributed by atoms with Crippen molar-refractivity contribution in [3.8, 4) is 0 Å². The Labute approximate surface area is 144 Å². The number of para-hydroxylation sites is 1. The maximum Gasteiger partial charge on any atom is 0.189 e. The number of aromatic amines is 1. The summed E-state index contributed by atoms with van der Waals surface area (Å²) in [5, 5.41) is 41.4. The first-order chi connectivity index (χ1) is 10.9.